The SMILES string of the molecule is COC(CNC(=O)C1CCCCS1)C(=O)O. The summed E-state index contributed by atoms with van der Waals surface area (Å²) in [4.78, 5) is 22.3. The third-order valence-electron chi connectivity index (χ3n) is 2.49. The van der Waals surface area contributed by atoms with Crippen molar-refractivity contribution in [1.82, 2.24) is 5.32 Å². The first-order valence-electron chi connectivity index (χ1n) is 5.30. The molecule has 0 aromatic rings. The molecule has 16 heavy (non-hydrogen) atoms. The van der Waals surface area contributed by atoms with Gasteiger partial charge in [0.2, 0.25) is 5.91 Å². The minimum Gasteiger partial charge on any atom is -0.479 e. The highest BCUT2D eigenvalue weighted by atomic mass is 32.2. The second-order valence-corrected chi connectivity index (χ2v) is 4.97. The third kappa shape index (κ3) is 4.02. The number of carboxylic acid groups (broad SMARTS) is 1. The van der Waals surface area contributed by atoms with Crippen LogP contribution in [-0.4, -0.2) is 47.7 Å². The summed E-state index contributed by atoms with van der Waals surface area (Å²) in [5.74, 6) is -0.128. The van der Waals surface area contributed by atoms with E-state index < -0.39 is 12.1 Å². The maximum absolute atomic E-state index is 11.7. The molecule has 92 valence electrons. The van der Waals surface area contributed by atoms with E-state index in [0.29, 0.717) is 0 Å². The summed E-state index contributed by atoms with van der Waals surface area (Å²) in [5.41, 5.74) is 0. The highest BCUT2D eigenvalue weighted by Gasteiger charge is 2.23. The van der Waals surface area contributed by atoms with Crippen molar-refractivity contribution in [3.8, 4) is 0 Å². The normalized spacial score (nSPS) is 22.4. The highest BCUT2D eigenvalue weighted by Crippen LogP contribution is 2.24. The average molecular weight is 247 g/mol. The number of carbonyl (C=O) groups excluding carboxylic acids is 1. The van der Waals surface area contributed by atoms with E-state index in [4.69, 9.17) is 9.84 Å². The first-order chi connectivity index (χ1) is 7.65. The van der Waals surface area contributed by atoms with Gasteiger partial charge in [-0.15, -0.1) is 11.8 Å². The molecule has 1 aliphatic rings. The standard InChI is InChI=1S/C10H17NO4S/c1-15-7(10(13)14)6-11-9(12)8-4-2-3-5-16-8/h7-8H,2-6H2,1H3,(H,11,12)(H,13,14). The van der Waals surface area contributed by atoms with Gasteiger partial charge in [0.15, 0.2) is 6.10 Å². The molecule has 0 bridgehead atoms. The lowest BCUT2D eigenvalue weighted by molar-refractivity contribution is -0.148. The lowest BCUT2D eigenvalue weighted by Gasteiger charge is -2.21. The fourth-order valence-corrected chi connectivity index (χ4v) is 2.75. The molecule has 6 heteroatoms. The molecule has 1 aliphatic heterocycles. The van der Waals surface area contributed by atoms with Gasteiger partial charge in [-0.2, -0.15) is 0 Å². The zero-order valence-corrected chi connectivity index (χ0v) is 10.1. The molecule has 1 heterocycles. The van der Waals surface area contributed by atoms with Crippen LogP contribution in [0.2, 0.25) is 0 Å². The molecule has 0 aliphatic carbocycles. The number of hydrogen-bond donors (Lipinski definition) is 2. The zero-order valence-electron chi connectivity index (χ0n) is 9.27. The molecule has 2 N–H and O–H groups in total. The van der Waals surface area contributed by atoms with Crippen LogP contribution < -0.4 is 5.32 Å². The van der Waals surface area contributed by atoms with Crippen LogP contribution in [0.25, 0.3) is 0 Å². The van der Waals surface area contributed by atoms with Crippen molar-refractivity contribution in [2.75, 3.05) is 19.4 Å². The van der Waals surface area contributed by atoms with Crippen LogP contribution >= 0.6 is 11.8 Å². The molecule has 5 nitrogen and oxygen atoms in total. The number of nitrogens with one attached hydrogen (secondary N) is 1. The molecule has 0 saturated carbocycles. The molecule has 1 rings (SSSR count). The van der Waals surface area contributed by atoms with Crippen LogP contribution in [0.15, 0.2) is 0 Å². The molecule has 2 atom stereocenters. The number of carbonyl (C=O) groups is 2. The van der Waals surface area contributed by atoms with E-state index in [9.17, 15) is 9.59 Å². The molecule has 0 aromatic heterocycles. The molecule has 1 amide bonds. The Bertz CT molecular complexity index is 253. The Morgan fingerprint density at radius 3 is 2.81 bits per heavy atom. The smallest absolute Gasteiger partial charge is 0.334 e. The van der Waals surface area contributed by atoms with Gasteiger partial charge in [0, 0.05) is 7.11 Å². The quantitative estimate of drug-likeness (QED) is 0.739. The van der Waals surface area contributed by atoms with Crippen molar-refractivity contribution < 1.29 is 19.4 Å². The van der Waals surface area contributed by atoms with Crippen molar-refractivity contribution in [2.45, 2.75) is 30.6 Å². The van der Waals surface area contributed by atoms with E-state index in [-0.39, 0.29) is 17.7 Å². The average Bonchev–Trinajstić information content (AvgIpc) is 2.30. The molecule has 1 fully saturated rings. The molecule has 0 radical (unpaired) electrons. The number of aliphatic carboxylic acids is 1. The van der Waals surface area contributed by atoms with Gasteiger partial charge in [-0.3, -0.25) is 4.79 Å². The molecule has 2 unspecified atom stereocenters. The zero-order chi connectivity index (χ0) is 12.0. The largest absolute Gasteiger partial charge is 0.479 e. The minimum absolute atomic E-state index is 0.0277. The third-order valence-corrected chi connectivity index (χ3v) is 3.87. The van der Waals surface area contributed by atoms with Crippen LogP contribution in [0.4, 0.5) is 0 Å². The number of amides is 1. The van der Waals surface area contributed by atoms with E-state index in [0.717, 1.165) is 25.0 Å². The predicted molar refractivity (Wildman–Crippen MR) is 61.5 cm³/mol. The van der Waals surface area contributed by atoms with Crippen molar-refractivity contribution in [1.29, 1.82) is 0 Å². The Hall–Kier alpha value is -0.750. The van der Waals surface area contributed by atoms with Crippen LogP contribution in [-0.2, 0) is 14.3 Å². The lowest BCUT2D eigenvalue weighted by atomic mass is 10.2. The Balaban J connectivity index is 2.30. The van der Waals surface area contributed by atoms with Crippen LogP contribution in [0, 0.1) is 0 Å². The summed E-state index contributed by atoms with van der Waals surface area (Å²) in [6, 6.07) is 0. The van der Waals surface area contributed by atoms with E-state index >= 15 is 0 Å². The monoisotopic (exact) mass is 247 g/mol. The van der Waals surface area contributed by atoms with Gasteiger partial charge in [-0.25, -0.2) is 4.79 Å². The van der Waals surface area contributed by atoms with Crippen molar-refractivity contribution in [3.63, 3.8) is 0 Å². The topological polar surface area (TPSA) is 75.6 Å². The summed E-state index contributed by atoms with van der Waals surface area (Å²) in [7, 11) is 1.32. The Morgan fingerprint density at radius 2 is 2.31 bits per heavy atom. The summed E-state index contributed by atoms with van der Waals surface area (Å²) in [6.45, 7) is 0.0295. The van der Waals surface area contributed by atoms with Gasteiger partial charge < -0.3 is 15.2 Å². The molecular formula is C10H17NO4S. The molecule has 0 aromatic carbocycles. The van der Waals surface area contributed by atoms with Gasteiger partial charge in [0.25, 0.3) is 0 Å². The van der Waals surface area contributed by atoms with E-state index in [1.54, 1.807) is 11.8 Å². The number of rotatable bonds is 5. The van der Waals surface area contributed by atoms with Crippen LogP contribution in [0.5, 0.6) is 0 Å². The summed E-state index contributed by atoms with van der Waals surface area (Å²) >= 11 is 1.64. The maximum Gasteiger partial charge on any atom is 0.334 e. The molecular weight excluding hydrogens is 230 g/mol. The van der Waals surface area contributed by atoms with E-state index in [2.05, 4.69) is 5.32 Å². The summed E-state index contributed by atoms with van der Waals surface area (Å²) in [5, 5.41) is 11.3. The number of hydrogen-bond acceptors (Lipinski definition) is 4. The maximum atomic E-state index is 11.7. The first-order valence-corrected chi connectivity index (χ1v) is 6.35. The predicted octanol–water partition coefficient (Wildman–Crippen LogP) is 0.488. The number of ether oxygens (including phenoxy) is 1. The summed E-state index contributed by atoms with van der Waals surface area (Å²) in [6.07, 6.45) is 2.14. The van der Waals surface area contributed by atoms with Crippen molar-refractivity contribution in [2.24, 2.45) is 0 Å². The molecule has 0 spiro atoms. The summed E-state index contributed by atoms with van der Waals surface area (Å²) < 4.78 is 4.73. The van der Waals surface area contributed by atoms with E-state index in [1.165, 1.54) is 7.11 Å². The fourth-order valence-electron chi connectivity index (χ4n) is 1.53. The first kappa shape index (κ1) is 13.3. The molecule has 1 saturated heterocycles. The van der Waals surface area contributed by atoms with Gasteiger partial charge in [-0.05, 0) is 18.6 Å². The van der Waals surface area contributed by atoms with Crippen molar-refractivity contribution >= 4 is 23.6 Å². The second kappa shape index (κ2) is 6.75. The lowest BCUT2D eigenvalue weighted by Crippen LogP contribution is -2.41. The fraction of sp³-hybridized carbons (Fsp3) is 0.800. The number of carboxylic acids is 1. The number of methoxy groups -OCH3 is 1. The Kier molecular flexibility index (Phi) is 5.62. The Labute approximate surface area is 98.9 Å². The van der Waals surface area contributed by atoms with Gasteiger partial charge in [0.1, 0.15) is 0 Å². The van der Waals surface area contributed by atoms with Crippen LogP contribution in [0.3, 0.4) is 0 Å². The van der Waals surface area contributed by atoms with Gasteiger partial charge in [-0.1, -0.05) is 6.42 Å². The van der Waals surface area contributed by atoms with Gasteiger partial charge >= 0.3 is 5.97 Å². The highest BCUT2D eigenvalue weighted by molar-refractivity contribution is 8.00. The second-order valence-electron chi connectivity index (χ2n) is 3.66. The van der Waals surface area contributed by atoms with E-state index in [1.807, 2.05) is 0 Å². The van der Waals surface area contributed by atoms with Gasteiger partial charge in [0.05, 0.1) is 11.8 Å². The van der Waals surface area contributed by atoms with Crippen LogP contribution in [0.1, 0.15) is 19.3 Å². The minimum atomic E-state index is -1.06. The van der Waals surface area contributed by atoms with Crippen molar-refractivity contribution in [3.05, 3.63) is 0 Å². The Morgan fingerprint density at radius 1 is 1.56 bits per heavy atom. The number of thioether (sulfide) groups is 1.